The Morgan fingerprint density at radius 1 is 1.30 bits per heavy atom. The lowest BCUT2D eigenvalue weighted by Crippen LogP contribution is -2.09. The van der Waals surface area contributed by atoms with Crippen LogP contribution in [0.2, 0.25) is 0 Å². The zero-order valence-electron chi connectivity index (χ0n) is 11.9. The molecule has 1 heterocycles. The second-order valence-corrected chi connectivity index (χ2v) is 5.09. The zero-order chi connectivity index (χ0) is 14.9. The molecule has 2 aromatic rings. The van der Waals surface area contributed by atoms with E-state index in [1.54, 1.807) is 6.92 Å². The van der Waals surface area contributed by atoms with Crippen molar-refractivity contribution in [1.82, 2.24) is 9.97 Å². The maximum Gasteiger partial charge on any atom is 0.342 e. The molecule has 1 aromatic heterocycles. The van der Waals surface area contributed by atoms with Crippen molar-refractivity contribution in [2.75, 3.05) is 7.11 Å². The molecular weight excluding hydrogens is 272 g/mol. The summed E-state index contributed by atoms with van der Waals surface area (Å²) in [7, 11) is 1.33. The van der Waals surface area contributed by atoms with Crippen LogP contribution < -0.4 is 0 Å². The van der Waals surface area contributed by atoms with Crippen LogP contribution in [0.15, 0.2) is 18.2 Å². The Kier molecular flexibility index (Phi) is 3.99. The first-order valence-electron chi connectivity index (χ1n) is 6.21. The third-order valence-corrected chi connectivity index (χ3v) is 3.43. The van der Waals surface area contributed by atoms with Crippen molar-refractivity contribution in [3.8, 4) is 11.4 Å². The van der Waals surface area contributed by atoms with Crippen molar-refractivity contribution in [1.29, 1.82) is 0 Å². The first kappa shape index (κ1) is 14.4. The molecule has 0 aliphatic carbocycles. The Morgan fingerprint density at radius 2 is 2.00 bits per heavy atom. The highest BCUT2D eigenvalue weighted by Gasteiger charge is 2.15. The molecular formula is C15H16N2O2S. The number of esters is 1. The molecule has 0 aliphatic heterocycles. The summed E-state index contributed by atoms with van der Waals surface area (Å²) in [6, 6.07) is 6.09. The smallest absolute Gasteiger partial charge is 0.342 e. The minimum atomic E-state index is -0.469. The van der Waals surface area contributed by atoms with Crippen LogP contribution >= 0.6 is 12.2 Å². The third-order valence-electron chi connectivity index (χ3n) is 3.13. The average Bonchev–Trinajstić information content (AvgIpc) is 2.37. The number of ether oxygens (including phenoxy) is 1. The number of aromatic amines is 1. The van der Waals surface area contributed by atoms with Crippen LogP contribution in [0.1, 0.15) is 27.2 Å². The van der Waals surface area contributed by atoms with Crippen molar-refractivity contribution in [2.24, 2.45) is 0 Å². The molecule has 0 unspecified atom stereocenters. The number of carbonyl (C=O) groups is 1. The Morgan fingerprint density at radius 3 is 2.55 bits per heavy atom. The first-order valence-corrected chi connectivity index (χ1v) is 6.61. The fourth-order valence-corrected chi connectivity index (χ4v) is 2.46. The molecule has 0 bridgehead atoms. The summed E-state index contributed by atoms with van der Waals surface area (Å²) in [4.78, 5) is 19.1. The van der Waals surface area contributed by atoms with Crippen LogP contribution in [-0.2, 0) is 4.74 Å². The molecule has 1 aromatic carbocycles. The van der Waals surface area contributed by atoms with Gasteiger partial charge in [0, 0.05) is 11.3 Å². The third kappa shape index (κ3) is 2.63. The summed E-state index contributed by atoms with van der Waals surface area (Å²) in [5, 5.41) is 0. The van der Waals surface area contributed by atoms with Crippen molar-refractivity contribution in [3.63, 3.8) is 0 Å². The number of rotatable bonds is 2. The summed E-state index contributed by atoms with van der Waals surface area (Å²) < 4.78 is 4.97. The molecule has 1 N–H and O–H groups in total. The molecule has 0 spiro atoms. The van der Waals surface area contributed by atoms with E-state index >= 15 is 0 Å². The van der Waals surface area contributed by atoms with E-state index in [9.17, 15) is 4.79 Å². The van der Waals surface area contributed by atoms with Crippen molar-refractivity contribution in [3.05, 3.63) is 45.2 Å². The van der Waals surface area contributed by atoms with E-state index in [1.165, 1.54) is 12.7 Å². The number of nitrogens with one attached hydrogen (secondary N) is 1. The summed E-state index contributed by atoms with van der Waals surface area (Å²) >= 11 is 5.21. The van der Waals surface area contributed by atoms with Crippen LogP contribution in [-0.4, -0.2) is 23.0 Å². The predicted octanol–water partition coefficient (Wildman–Crippen LogP) is 3.52. The van der Waals surface area contributed by atoms with Gasteiger partial charge in [0.1, 0.15) is 16.0 Å². The molecule has 0 aliphatic rings. The molecule has 5 heteroatoms. The standard InChI is InChI=1S/C15H16N2O2S/c1-8-5-6-11(9(2)7-8)13-16-10(3)12(14(20)17-13)15(18)19-4/h5-7H,1-4H3,(H,16,17,20). The SMILES string of the molecule is COC(=O)c1c(C)[nH]c(-c2ccc(C)cc2C)nc1=S. The minimum absolute atomic E-state index is 0.253. The van der Waals surface area contributed by atoms with E-state index in [0.29, 0.717) is 17.1 Å². The lowest BCUT2D eigenvalue weighted by molar-refractivity contribution is 0.0598. The second-order valence-electron chi connectivity index (χ2n) is 4.70. The fourth-order valence-electron chi connectivity index (χ4n) is 2.14. The minimum Gasteiger partial charge on any atom is -0.465 e. The number of aryl methyl sites for hydroxylation is 3. The molecule has 0 saturated carbocycles. The van der Waals surface area contributed by atoms with Crippen molar-refractivity contribution < 1.29 is 9.53 Å². The van der Waals surface area contributed by atoms with Gasteiger partial charge in [-0.2, -0.15) is 0 Å². The van der Waals surface area contributed by atoms with Gasteiger partial charge in [-0.25, -0.2) is 9.78 Å². The molecule has 104 valence electrons. The summed E-state index contributed by atoms with van der Waals surface area (Å²) in [6.45, 7) is 5.85. The molecule has 0 radical (unpaired) electrons. The molecule has 0 atom stereocenters. The highest BCUT2D eigenvalue weighted by Crippen LogP contribution is 2.22. The van der Waals surface area contributed by atoms with Gasteiger partial charge in [-0.1, -0.05) is 36.0 Å². The van der Waals surface area contributed by atoms with E-state index in [2.05, 4.69) is 16.0 Å². The van der Waals surface area contributed by atoms with Gasteiger partial charge in [0.2, 0.25) is 0 Å². The Hall–Kier alpha value is -2.01. The van der Waals surface area contributed by atoms with Gasteiger partial charge in [0.15, 0.2) is 0 Å². The molecule has 0 amide bonds. The van der Waals surface area contributed by atoms with Gasteiger partial charge < -0.3 is 9.72 Å². The number of hydrogen-bond donors (Lipinski definition) is 1. The molecule has 4 nitrogen and oxygen atoms in total. The van der Waals surface area contributed by atoms with Gasteiger partial charge >= 0.3 is 5.97 Å². The fraction of sp³-hybridized carbons (Fsp3) is 0.267. The predicted molar refractivity (Wildman–Crippen MR) is 80.4 cm³/mol. The maximum absolute atomic E-state index is 11.7. The van der Waals surface area contributed by atoms with Gasteiger partial charge in [-0.05, 0) is 26.3 Å². The molecule has 20 heavy (non-hydrogen) atoms. The number of aromatic nitrogens is 2. The van der Waals surface area contributed by atoms with Crippen LogP contribution in [0.4, 0.5) is 0 Å². The van der Waals surface area contributed by atoms with Gasteiger partial charge in [-0.3, -0.25) is 0 Å². The zero-order valence-corrected chi connectivity index (χ0v) is 12.7. The quantitative estimate of drug-likeness (QED) is 0.678. The number of benzene rings is 1. The first-order chi connectivity index (χ1) is 9.43. The lowest BCUT2D eigenvalue weighted by atomic mass is 10.0. The summed E-state index contributed by atoms with van der Waals surface area (Å²) in [5.74, 6) is 0.195. The van der Waals surface area contributed by atoms with Gasteiger partial charge in [0.05, 0.1) is 7.11 Å². The molecule has 0 saturated heterocycles. The van der Waals surface area contributed by atoms with E-state index in [4.69, 9.17) is 17.0 Å². The molecule has 2 rings (SSSR count). The number of methoxy groups -OCH3 is 1. The Bertz CT molecular complexity index is 735. The number of carbonyl (C=O) groups excluding carboxylic acids is 1. The van der Waals surface area contributed by atoms with Crippen LogP contribution in [0.3, 0.4) is 0 Å². The highest BCUT2D eigenvalue weighted by atomic mass is 32.1. The number of H-pyrrole nitrogens is 1. The number of hydrogen-bond acceptors (Lipinski definition) is 4. The number of nitrogens with zero attached hydrogens (tertiary/aromatic N) is 1. The average molecular weight is 288 g/mol. The summed E-state index contributed by atoms with van der Waals surface area (Å²) in [5.41, 5.74) is 4.24. The van der Waals surface area contributed by atoms with Crippen molar-refractivity contribution >= 4 is 18.2 Å². The summed E-state index contributed by atoms with van der Waals surface area (Å²) in [6.07, 6.45) is 0. The maximum atomic E-state index is 11.7. The van der Waals surface area contributed by atoms with Crippen LogP contribution in [0.25, 0.3) is 11.4 Å². The Labute approximate surface area is 122 Å². The van der Waals surface area contributed by atoms with Crippen LogP contribution in [0, 0.1) is 25.4 Å². The normalized spacial score (nSPS) is 10.4. The van der Waals surface area contributed by atoms with Crippen molar-refractivity contribution in [2.45, 2.75) is 20.8 Å². The second kappa shape index (κ2) is 5.54. The van der Waals surface area contributed by atoms with Gasteiger partial charge in [-0.15, -0.1) is 0 Å². The lowest BCUT2D eigenvalue weighted by Gasteiger charge is -2.10. The van der Waals surface area contributed by atoms with Crippen LogP contribution in [0.5, 0.6) is 0 Å². The monoisotopic (exact) mass is 288 g/mol. The largest absolute Gasteiger partial charge is 0.465 e. The van der Waals surface area contributed by atoms with E-state index < -0.39 is 5.97 Å². The molecule has 0 fully saturated rings. The highest BCUT2D eigenvalue weighted by molar-refractivity contribution is 7.71. The van der Waals surface area contributed by atoms with E-state index in [1.807, 2.05) is 26.0 Å². The van der Waals surface area contributed by atoms with E-state index in [-0.39, 0.29) is 4.64 Å². The topological polar surface area (TPSA) is 55.0 Å². The van der Waals surface area contributed by atoms with E-state index in [0.717, 1.165) is 11.1 Å². The Balaban J connectivity index is 2.61. The van der Waals surface area contributed by atoms with Gasteiger partial charge in [0.25, 0.3) is 0 Å².